The van der Waals surface area contributed by atoms with Crippen molar-refractivity contribution in [1.29, 1.82) is 5.26 Å². The van der Waals surface area contributed by atoms with Gasteiger partial charge in [0.2, 0.25) is 0 Å². The second-order valence-electron chi connectivity index (χ2n) is 7.45. The van der Waals surface area contributed by atoms with Crippen molar-refractivity contribution in [2.75, 3.05) is 13.7 Å². The van der Waals surface area contributed by atoms with Crippen LogP contribution in [0.5, 0.6) is 11.5 Å². The molecule has 3 aromatic rings. The van der Waals surface area contributed by atoms with Gasteiger partial charge in [-0.05, 0) is 48.7 Å². The van der Waals surface area contributed by atoms with E-state index in [2.05, 4.69) is 27.6 Å². The van der Waals surface area contributed by atoms with Crippen molar-refractivity contribution in [1.82, 2.24) is 9.66 Å². The normalized spacial score (nSPS) is 12.0. The molecule has 0 aliphatic carbocycles. The lowest BCUT2D eigenvalue weighted by atomic mass is 10.1. The lowest BCUT2D eigenvalue weighted by molar-refractivity contribution is 0.327. The van der Waals surface area contributed by atoms with Gasteiger partial charge in [-0.3, -0.25) is 4.79 Å². The Morgan fingerprint density at radius 3 is 2.82 bits per heavy atom. The largest absolute Gasteiger partial charge is 0.493 e. The number of hydrogen-bond acceptors (Lipinski definition) is 6. The van der Waals surface area contributed by atoms with Crippen LogP contribution in [0.3, 0.4) is 0 Å². The summed E-state index contributed by atoms with van der Waals surface area (Å²) in [6.45, 7) is 7.76. The quantitative estimate of drug-likeness (QED) is 0.293. The highest BCUT2D eigenvalue weighted by Crippen LogP contribution is 2.33. The van der Waals surface area contributed by atoms with Crippen LogP contribution in [0, 0.1) is 11.3 Å². The predicted octanol–water partition coefficient (Wildman–Crippen LogP) is 5.19. The van der Waals surface area contributed by atoms with Gasteiger partial charge in [-0.15, -0.1) is 6.58 Å². The minimum atomic E-state index is -0.236. The molecule has 33 heavy (non-hydrogen) atoms. The number of nitriles is 1. The van der Waals surface area contributed by atoms with Gasteiger partial charge < -0.3 is 9.47 Å². The highest BCUT2D eigenvalue weighted by molar-refractivity contribution is 9.10. The van der Waals surface area contributed by atoms with Crippen LogP contribution in [0.15, 0.2) is 57.4 Å². The highest BCUT2D eigenvalue weighted by atomic mass is 79.9. The summed E-state index contributed by atoms with van der Waals surface area (Å²) in [6, 6.07) is 11.0. The summed E-state index contributed by atoms with van der Waals surface area (Å²) < 4.78 is 13.2. The molecule has 1 atom stereocenters. The van der Waals surface area contributed by atoms with Gasteiger partial charge in [-0.25, -0.2) is 4.98 Å². The predicted molar refractivity (Wildman–Crippen MR) is 133 cm³/mol. The molecule has 0 bridgehead atoms. The molecular weight excluding hydrogens is 484 g/mol. The Balaban J connectivity index is 2.16. The summed E-state index contributed by atoms with van der Waals surface area (Å²) in [5, 5.41) is 13.9. The second kappa shape index (κ2) is 10.9. The topological polar surface area (TPSA) is 89.5 Å². The first-order valence-corrected chi connectivity index (χ1v) is 11.3. The molecule has 3 rings (SSSR count). The zero-order chi connectivity index (χ0) is 24.0. The molecular formula is C25H25BrN4O3. The third-order valence-corrected chi connectivity index (χ3v) is 5.72. The minimum absolute atomic E-state index is 0.0375. The van der Waals surface area contributed by atoms with Gasteiger partial charge in [-0.2, -0.15) is 15.0 Å². The Morgan fingerprint density at radius 2 is 2.15 bits per heavy atom. The van der Waals surface area contributed by atoms with Crippen molar-refractivity contribution in [3.63, 3.8) is 0 Å². The molecule has 0 aliphatic heterocycles. The summed E-state index contributed by atoms with van der Waals surface area (Å²) in [7, 11) is 1.53. The number of methoxy groups -OCH3 is 1. The number of halogens is 1. The van der Waals surface area contributed by atoms with Crippen molar-refractivity contribution in [2.45, 2.75) is 32.6 Å². The fourth-order valence-corrected chi connectivity index (χ4v) is 3.75. The molecule has 7 nitrogen and oxygen atoms in total. The summed E-state index contributed by atoms with van der Waals surface area (Å²) in [4.78, 5) is 18.0. The van der Waals surface area contributed by atoms with Crippen molar-refractivity contribution < 1.29 is 9.47 Å². The molecule has 8 heteroatoms. The van der Waals surface area contributed by atoms with Crippen LogP contribution in [-0.4, -0.2) is 29.6 Å². The van der Waals surface area contributed by atoms with E-state index in [1.54, 1.807) is 24.4 Å². The first-order valence-electron chi connectivity index (χ1n) is 10.5. The summed E-state index contributed by atoms with van der Waals surface area (Å²) >= 11 is 3.42. The molecule has 0 radical (unpaired) electrons. The van der Waals surface area contributed by atoms with Crippen molar-refractivity contribution in [2.24, 2.45) is 5.10 Å². The van der Waals surface area contributed by atoms with Gasteiger partial charge in [0.1, 0.15) is 11.9 Å². The molecule has 1 heterocycles. The number of fused-ring (bicyclic) bond motifs is 1. The summed E-state index contributed by atoms with van der Waals surface area (Å²) in [6.07, 6.45) is 4.67. The van der Waals surface area contributed by atoms with Crippen molar-refractivity contribution in [3.8, 4) is 17.6 Å². The first-order chi connectivity index (χ1) is 15.9. The minimum Gasteiger partial charge on any atom is -0.493 e. The Kier molecular flexibility index (Phi) is 8.01. The molecule has 0 aliphatic rings. The SMILES string of the molecule is C=CCc1cc(C=Nn2c([C@H](C)CC)nc3ccc(Br)cc3c2=O)cc(OC)c1OCC#N. The van der Waals surface area contributed by atoms with Gasteiger partial charge in [0.05, 0.1) is 24.2 Å². The zero-order valence-corrected chi connectivity index (χ0v) is 20.4. The Bertz CT molecular complexity index is 1310. The zero-order valence-electron chi connectivity index (χ0n) is 18.8. The monoisotopic (exact) mass is 508 g/mol. The van der Waals surface area contributed by atoms with E-state index in [9.17, 15) is 4.79 Å². The number of ether oxygens (including phenoxy) is 2. The van der Waals surface area contributed by atoms with E-state index in [0.717, 1.165) is 16.5 Å². The van der Waals surface area contributed by atoms with E-state index >= 15 is 0 Å². The molecule has 0 saturated carbocycles. The van der Waals surface area contributed by atoms with Crippen LogP contribution >= 0.6 is 15.9 Å². The fourth-order valence-electron chi connectivity index (χ4n) is 3.39. The number of hydrogen-bond donors (Lipinski definition) is 0. The lowest BCUT2D eigenvalue weighted by Gasteiger charge is -2.15. The lowest BCUT2D eigenvalue weighted by Crippen LogP contribution is -2.23. The van der Waals surface area contributed by atoms with E-state index in [-0.39, 0.29) is 18.1 Å². The highest BCUT2D eigenvalue weighted by Gasteiger charge is 2.16. The number of aromatic nitrogens is 2. The van der Waals surface area contributed by atoms with Crippen LogP contribution in [-0.2, 0) is 6.42 Å². The number of benzene rings is 2. The van der Waals surface area contributed by atoms with E-state index < -0.39 is 0 Å². The molecule has 0 amide bonds. The number of nitrogens with zero attached hydrogens (tertiary/aromatic N) is 4. The molecule has 0 spiro atoms. The fraction of sp³-hybridized carbons (Fsp3) is 0.280. The molecule has 0 saturated heterocycles. The second-order valence-corrected chi connectivity index (χ2v) is 8.37. The number of allylic oxidation sites excluding steroid dienone is 1. The van der Waals surface area contributed by atoms with Crippen LogP contribution < -0.4 is 15.0 Å². The molecule has 2 aromatic carbocycles. The van der Waals surface area contributed by atoms with Gasteiger partial charge in [-0.1, -0.05) is 35.9 Å². The van der Waals surface area contributed by atoms with E-state index in [1.165, 1.54) is 11.8 Å². The average molecular weight is 509 g/mol. The maximum atomic E-state index is 13.3. The van der Waals surface area contributed by atoms with E-state index in [4.69, 9.17) is 19.7 Å². The molecule has 0 fully saturated rings. The maximum Gasteiger partial charge on any atom is 0.282 e. The van der Waals surface area contributed by atoms with Gasteiger partial charge >= 0.3 is 0 Å². The Hall–Kier alpha value is -3.44. The maximum absolute atomic E-state index is 13.3. The Labute approximate surface area is 201 Å². The smallest absolute Gasteiger partial charge is 0.282 e. The first kappa shape index (κ1) is 24.2. The third kappa shape index (κ3) is 5.32. The number of rotatable bonds is 9. The van der Waals surface area contributed by atoms with Crippen molar-refractivity contribution in [3.05, 3.63) is 74.8 Å². The molecule has 0 N–H and O–H groups in total. The van der Waals surface area contributed by atoms with Crippen molar-refractivity contribution >= 4 is 33.0 Å². The van der Waals surface area contributed by atoms with Gasteiger partial charge in [0, 0.05) is 16.0 Å². The van der Waals surface area contributed by atoms with Gasteiger partial charge in [0.25, 0.3) is 5.56 Å². The van der Waals surface area contributed by atoms with E-state index in [1.807, 2.05) is 38.1 Å². The Morgan fingerprint density at radius 1 is 1.36 bits per heavy atom. The van der Waals surface area contributed by atoms with E-state index in [0.29, 0.717) is 40.2 Å². The average Bonchev–Trinajstić information content (AvgIpc) is 2.82. The third-order valence-electron chi connectivity index (χ3n) is 5.23. The molecule has 0 unspecified atom stereocenters. The van der Waals surface area contributed by atoms with Crippen LogP contribution in [0.25, 0.3) is 10.9 Å². The molecule has 170 valence electrons. The van der Waals surface area contributed by atoms with Crippen LogP contribution in [0.2, 0.25) is 0 Å². The van der Waals surface area contributed by atoms with Gasteiger partial charge in [0.15, 0.2) is 18.1 Å². The standard InChI is InChI=1S/C25H25BrN4O3/c1-5-7-18-12-17(13-22(32-4)23(18)33-11-10-27)15-28-30-24(16(3)6-2)29-21-9-8-19(26)14-20(21)25(30)31/h5,8-9,12-16H,1,6-7,11H2,2-4H3/t16-/m1/s1. The van der Waals surface area contributed by atoms with Crippen LogP contribution in [0.1, 0.15) is 43.1 Å². The molecule has 1 aromatic heterocycles. The van der Waals surface area contributed by atoms with Crippen LogP contribution in [0.4, 0.5) is 0 Å². The summed E-state index contributed by atoms with van der Waals surface area (Å²) in [5.74, 6) is 1.60. The summed E-state index contributed by atoms with van der Waals surface area (Å²) in [5.41, 5.74) is 1.92.